The second-order valence-corrected chi connectivity index (χ2v) is 6.84. The largest absolute Gasteiger partial charge is 0.481 e. The van der Waals surface area contributed by atoms with E-state index < -0.39 is 22.7 Å². The van der Waals surface area contributed by atoms with Crippen LogP contribution in [0.15, 0.2) is 47.4 Å². The van der Waals surface area contributed by atoms with Crippen LogP contribution < -0.4 is 0 Å². The van der Waals surface area contributed by atoms with Crippen molar-refractivity contribution in [1.82, 2.24) is 0 Å². The summed E-state index contributed by atoms with van der Waals surface area (Å²) in [4.78, 5) is 24.2. The number of benzene rings is 2. The molecule has 0 aliphatic carbocycles. The third kappa shape index (κ3) is 2.46. The number of carboxylic acids is 1. The van der Waals surface area contributed by atoms with Crippen LogP contribution >= 0.6 is 11.6 Å². The van der Waals surface area contributed by atoms with Crippen molar-refractivity contribution >= 4 is 34.2 Å². The standard InChI is InChI=1S/C16H11ClO4S/c17-10-6-11-13(16(19)20)8-22(21)15(11)12(7-10)14(18)9-4-2-1-3-5-9/h1-7,13H,8H2,(H,19,20)/t13-,22+/m1/s1. The molecule has 1 aliphatic rings. The fourth-order valence-electron chi connectivity index (χ4n) is 2.57. The molecule has 0 spiro atoms. The Hall–Kier alpha value is -1.98. The molecule has 112 valence electrons. The Balaban J connectivity index is 2.19. The number of halogens is 1. The number of carboxylic acid groups (broad SMARTS) is 1. The summed E-state index contributed by atoms with van der Waals surface area (Å²) in [5, 5.41) is 9.52. The van der Waals surface area contributed by atoms with E-state index in [9.17, 15) is 18.9 Å². The number of aliphatic carboxylic acids is 1. The zero-order valence-electron chi connectivity index (χ0n) is 11.3. The van der Waals surface area contributed by atoms with Crippen molar-refractivity contribution in [2.24, 2.45) is 0 Å². The summed E-state index contributed by atoms with van der Waals surface area (Å²) in [6.45, 7) is 0. The second-order valence-electron chi connectivity index (χ2n) is 4.97. The molecule has 0 fully saturated rings. The Bertz CT molecular complexity index is 801. The Morgan fingerprint density at radius 2 is 1.86 bits per heavy atom. The highest BCUT2D eigenvalue weighted by atomic mass is 35.5. The van der Waals surface area contributed by atoms with Gasteiger partial charge in [-0.25, -0.2) is 0 Å². The zero-order valence-corrected chi connectivity index (χ0v) is 12.9. The highest BCUT2D eigenvalue weighted by Gasteiger charge is 2.37. The van der Waals surface area contributed by atoms with Crippen molar-refractivity contribution in [3.8, 4) is 0 Å². The van der Waals surface area contributed by atoms with Gasteiger partial charge >= 0.3 is 5.97 Å². The van der Waals surface area contributed by atoms with Gasteiger partial charge in [-0.1, -0.05) is 41.9 Å². The number of carbonyl (C=O) groups is 2. The number of hydrogen-bond acceptors (Lipinski definition) is 3. The van der Waals surface area contributed by atoms with Crippen LogP contribution in [-0.2, 0) is 15.6 Å². The maximum atomic E-state index is 12.6. The first-order valence-electron chi connectivity index (χ1n) is 6.53. The van der Waals surface area contributed by atoms with E-state index in [-0.39, 0.29) is 22.1 Å². The molecule has 2 atom stereocenters. The van der Waals surface area contributed by atoms with Gasteiger partial charge in [-0.3, -0.25) is 13.8 Å². The van der Waals surface area contributed by atoms with Crippen LogP contribution in [0.4, 0.5) is 0 Å². The normalized spacial score (nSPS) is 19.7. The van der Waals surface area contributed by atoms with E-state index in [4.69, 9.17) is 11.6 Å². The van der Waals surface area contributed by atoms with Gasteiger partial charge in [0, 0.05) is 21.9 Å². The molecule has 3 rings (SSSR count). The molecule has 1 N–H and O–H groups in total. The first-order chi connectivity index (χ1) is 10.5. The van der Waals surface area contributed by atoms with Gasteiger partial charge in [0.15, 0.2) is 5.78 Å². The molecule has 0 saturated carbocycles. The second kappa shape index (κ2) is 5.66. The van der Waals surface area contributed by atoms with Crippen molar-refractivity contribution in [2.75, 3.05) is 5.75 Å². The smallest absolute Gasteiger partial charge is 0.311 e. The first-order valence-corrected chi connectivity index (χ1v) is 8.23. The summed E-state index contributed by atoms with van der Waals surface area (Å²) >= 11 is 6.03. The highest BCUT2D eigenvalue weighted by Crippen LogP contribution is 2.38. The molecule has 0 unspecified atom stereocenters. The Morgan fingerprint density at radius 1 is 1.18 bits per heavy atom. The molecule has 22 heavy (non-hydrogen) atoms. The minimum atomic E-state index is -1.52. The van der Waals surface area contributed by atoms with Crippen molar-refractivity contribution < 1.29 is 18.9 Å². The number of rotatable bonds is 3. The average molecular weight is 335 g/mol. The minimum absolute atomic E-state index is 0.0277. The molecule has 0 amide bonds. The predicted octanol–water partition coefficient (Wildman–Crippen LogP) is 2.86. The topological polar surface area (TPSA) is 71.4 Å². The van der Waals surface area contributed by atoms with E-state index in [0.717, 1.165) is 0 Å². The lowest BCUT2D eigenvalue weighted by Gasteiger charge is -2.09. The van der Waals surface area contributed by atoms with Crippen LogP contribution in [0.2, 0.25) is 5.02 Å². The van der Waals surface area contributed by atoms with Gasteiger partial charge in [-0.15, -0.1) is 0 Å². The van der Waals surface area contributed by atoms with Crippen molar-refractivity contribution in [1.29, 1.82) is 0 Å². The lowest BCUT2D eigenvalue weighted by molar-refractivity contribution is -0.138. The molecule has 2 aromatic rings. The van der Waals surface area contributed by atoms with Gasteiger partial charge in [0.1, 0.15) is 0 Å². The summed E-state index contributed by atoms with van der Waals surface area (Å²) in [6, 6.07) is 11.5. The molecule has 2 aromatic carbocycles. The summed E-state index contributed by atoms with van der Waals surface area (Å²) in [6.07, 6.45) is 0. The van der Waals surface area contributed by atoms with Gasteiger partial charge < -0.3 is 5.11 Å². The van der Waals surface area contributed by atoms with Crippen molar-refractivity contribution in [3.05, 3.63) is 64.2 Å². The fraction of sp³-hybridized carbons (Fsp3) is 0.125. The Kier molecular flexibility index (Phi) is 3.85. The van der Waals surface area contributed by atoms with Crippen LogP contribution in [0.3, 0.4) is 0 Å². The van der Waals surface area contributed by atoms with E-state index >= 15 is 0 Å². The summed E-state index contributed by atoms with van der Waals surface area (Å²) < 4.78 is 12.3. The molecular weight excluding hydrogens is 324 g/mol. The van der Waals surface area contributed by atoms with Crippen LogP contribution in [0.5, 0.6) is 0 Å². The van der Waals surface area contributed by atoms with Crippen LogP contribution in [0.1, 0.15) is 27.4 Å². The summed E-state index contributed by atoms with van der Waals surface area (Å²) in [7, 11) is -1.52. The number of ketones is 1. The van der Waals surface area contributed by atoms with Gasteiger partial charge in [0.25, 0.3) is 0 Å². The van der Waals surface area contributed by atoms with Crippen LogP contribution in [-0.4, -0.2) is 26.8 Å². The Morgan fingerprint density at radius 3 is 2.50 bits per heavy atom. The van der Waals surface area contributed by atoms with Crippen molar-refractivity contribution in [2.45, 2.75) is 10.8 Å². The molecule has 4 nitrogen and oxygen atoms in total. The maximum Gasteiger partial charge on any atom is 0.311 e. The molecule has 0 aromatic heterocycles. The summed E-state index contributed by atoms with van der Waals surface area (Å²) in [5.41, 5.74) is 1.04. The van der Waals surface area contributed by atoms with Gasteiger partial charge in [-0.2, -0.15) is 0 Å². The van der Waals surface area contributed by atoms with Gasteiger partial charge in [0.05, 0.1) is 21.6 Å². The van der Waals surface area contributed by atoms with Crippen LogP contribution in [0, 0.1) is 0 Å². The van der Waals surface area contributed by atoms with E-state index in [1.165, 1.54) is 12.1 Å². The molecule has 0 bridgehead atoms. The average Bonchev–Trinajstić information content (AvgIpc) is 2.84. The summed E-state index contributed by atoms with van der Waals surface area (Å²) in [5.74, 6) is -2.29. The molecular formula is C16H11ClO4S. The van der Waals surface area contributed by atoms with E-state index in [1.807, 2.05) is 0 Å². The Labute approximate surface area is 134 Å². The minimum Gasteiger partial charge on any atom is -0.481 e. The quantitative estimate of drug-likeness (QED) is 0.876. The fourth-order valence-corrected chi connectivity index (χ4v) is 4.45. The number of carbonyl (C=O) groups excluding carboxylic acids is 1. The lowest BCUT2D eigenvalue weighted by atomic mass is 9.96. The molecule has 1 heterocycles. The number of fused-ring (bicyclic) bond motifs is 1. The third-order valence-electron chi connectivity index (χ3n) is 3.58. The monoisotopic (exact) mass is 334 g/mol. The molecule has 6 heteroatoms. The SMILES string of the molecule is O=C(c1ccccc1)c1cc(Cl)cc2c1[S@@](=O)C[C@H]2C(=O)O. The lowest BCUT2D eigenvalue weighted by Crippen LogP contribution is -2.11. The molecule has 0 saturated heterocycles. The van der Waals surface area contributed by atoms with Crippen molar-refractivity contribution in [3.63, 3.8) is 0 Å². The maximum absolute atomic E-state index is 12.6. The highest BCUT2D eigenvalue weighted by molar-refractivity contribution is 7.85. The third-order valence-corrected chi connectivity index (χ3v) is 5.35. The predicted molar refractivity (Wildman–Crippen MR) is 83.0 cm³/mol. The van der Waals surface area contributed by atoms with E-state index in [0.29, 0.717) is 16.0 Å². The molecule has 0 radical (unpaired) electrons. The van der Waals surface area contributed by atoms with Gasteiger partial charge in [-0.05, 0) is 17.7 Å². The van der Waals surface area contributed by atoms with E-state index in [2.05, 4.69) is 0 Å². The zero-order chi connectivity index (χ0) is 15.9. The van der Waals surface area contributed by atoms with Crippen LogP contribution in [0.25, 0.3) is 0 Å². The van der Waals surface area contributed by atoms with Gasteiger partial charge in [0.2, 0.25) is 0 Å². The molecule has 1 aliphatic heterocycles. The first kappa shape index (κ1) is 14.9. The van der Waals surface area contributed by atoms with E-state index in [1.54, 1.807) is 30.3 Å². The number of hydrogen-bond donors (Lipinski definition) is 1.